The van der Waals surface area contributed by atoms with E-state index in [2.05, 4.69) is 27.2 Å². The van der Waals surface area contributed by atoms with Crippen molar-refractivity contribution in [2.45, 2.75) is 62.8 Å². The van der Waals surface area contributed by atoms with Gasteiger partial charge in [-0.05, 0) is 80.6 Å². The average Bonchev–Trinajstić information content (AvgIpc) is 3.83. The van der Waals surface area contributed by atoms with E-state index in [1.165, 1.54) is 6.33 Å². The molecule has 4 aromatic rings. The van der Waals surface area contributed by atoms with Gasteiger partial charge in [-0.25, -0.2) is 9.97 Å². The average molecular weight is 593 g/mol. The normalized spacial score (nSPS) is 24.3. The van der Waals surface area contributed by atoms with Gasteiger partial charge in [0.05, 0.1) is 25.6 Å². The lowest BCUT2D eigenvalue weighted by molar-refractivity contribution is 0.0461. The van der Waals surface area contributed by atoms with E-state index in [0.29, 0.717) is 26.2 Å². The van der Waals surface area contributed by atoms with E-state index >= 15 is 0 Å². The lowest BCUT2D eigenvalue weighted by atomic mass is 9.78. The van der Waals surface area contributed by atoms with Crippen LogP contribution < -0.4 is 10.1 Å². The molecule has 44 heavy (non-hydrogen) atoms. The summed E-state index contributed by atoms with van der Waals surface area (Å²) in [7, 11) is 1.67. The molecule has 2 N–H and O–H groups in total. The Bertz CT molecular complexity index is 1810. The van der Waals surface area contributed by atoms with Gasteiger partial charge in [-0.1, -0.05) is 0 Å². The molecule has 13 nitrogen and oxygen atoms in total. The number of rotatable bonds is 6. The van der Waals surface area contributed by atoms with Gasteiger partial charge >= 0.3 is 0 Å². The van der Waals surface area contributed by atoms with Crippen molar-refractivity contribution in [3.8, 4) is 5.75 Å². The molecule has 3 aromatic heterocycles. The molecule has 0 spiro atoms. The van der Waals surface area contributed by atoms with Crippen LogP contribution in [0.3, 0.4) is 0 Å². The lowest BCUT2D eigenvalue weighted by Crippen LogP contribution is -2.52. The van der Waals surface area contributed by atoms with Gasteiger partial charge in [-0.15, -0.1) is 0 Å². The van der Waals surface area contributed by atoms with E-state index in [1.54, 1.807) is 7.11 Å². The van der Waals surface area contributed by atoms with Crippen LogP contribution in [-0.2, 0) is 16.9 Å². The van der Waals surface area contributed by atoms with Crippen molar-refractivity contribution in [1.29, 1.82) is 0 Å². The number of anilines is 1. The number of fused-ring (bicyclic) bond motifs is 5. The number of aromatic nitrogens is 6. The molecule has 2 bridgehead atoms. The van der Waals surface area contributed by atoms with Crippen LogP contribution >= 0.6 is 0 Å². The van der Waals surface area contributed by atoms with Crippen molar-refractivity contribution in [2.75, 3.05) is 19.2 Å². The molecule has 0 aliphatic carbocycles. The summed E-state index contributed by atoms with van der Waals surface area (Å²) in [4.78, 5) is 34.4. The molecule has 8 rings (SSSR count). The molecule has 1 aromatic carbocycles. The molecule has 4 aliphatic rings. The number of nitrogens with one attached hydrogen (secondary N) is 2. The maximum Gasteiger partial charge on any atom is 0.291 e. The topological polar surface area (TPSA) is 147 Å². The first-order valence-electron chi connectivity index (χ1n) is 14.9. The Morgan fingerprint density at radius 2 is 2.00 bits per heavy atom. The van der Waals surface area contributed by atoms with Crippen LogP contribution in [0.4, 0.5) is 5.82 Å². The second kappa shape index (κ2) is 10.4. The van der Waals surface area contributed by atoms with Gasteiger partial charge in [0.2, 0.25) is 5.82 Å². The molecular formula is C31H32N10O3. The van der Waals surface area contributed by atoms with Gasteiger partial charge < -0.3 is 19.7 Å². The van der Waals surface area contributed by atoms with Gasteiger partial charge in [-0.3, -0.25) is 19.9 Å². The van der Waals surface area contributed by atoms with Crippen molar-refractivity contribution < 1.29 is 14.3 Å². The first kappa shape index (κ1) is 26.7. The van der Waals surface area contributed by atoms with Crippen molar-refractivity contribution in [3.63, 3.8) is 0 Å². The highest BCUT2D eigenvalue weighted by Gasteiger charge is 2.53. The maximum atomic E-state index is 13.4. The highest BCUT2D eigenvalue weighted by Crippen LogP contribution is 2.50. The molecule has 2 atom stereocenters. The predicted octanol–water partition coefficient (Wildman–Crippen LogP) is 3.74. The monoisotopic (exact) mass is 592 g/mol. The second-order valence-corrected chi connectivity index (χ2v) is 11.7. The summed E-state index contributed by atoms with van der Waals surface area (Å²) in [6.07, 6.45) is 9.80. The van der Waals surface area contributed by atoms with Crippen LogP contribution in [0.1, 0.15) is 71.5 Å². The summed E-state index contributed by atoms with van der Waals surface area (Å²) in [6, 6.07) is 7.96. The van der Waals surface area contributed by atoms with Crippen LogP contribution in [0, 0.1) is 0 Å². The zero-order chi connectivity index (χ0) is 29.8. The number of amides is 1. The molecule has 13 heteroatoms. The van der Waals surface area contributed by atoms with Crippen LogP contribution in [0.15, 0.2) is 53.0 Å². The van der Waals surface area contributed by atoms with E-state index in [4.69, 9.17) is 29.5 Å². The van der Waals surface area contributed by atoms with Gasteiger partial charge in [-0.2, -0.15) is 14.7 Å². The summed E-state index contributed by atoms with van der Waals surface area (Å²) >= 11 is 0. The van der Waals surface area contributed by atoms with Gasteiger partial charge in [0, 0.05) is 35.1 Å². The Morgan fingerprint density at radius 3 is 2.68 bits per heavy atom. The van der Waals surface area contributed by atoms with Crippen LogP contribution in [-0.4, -0.2) is 78.9 Å². The van der Waals surface area contributed by atoms with Gasteiger partial charge in [0.1, 0.15) is 30.2 Å². The Kier molecular flexibility index (Phi) is 6.29. The van der Waals surface area contributed by atoms with E-state index in [0.717, 1.165) is 76.6 Å². The number of hydrogen-bond acceptors (Lipinski definition) is 10. The summed E-state index contributed by atoms with van der Waals surface area (Å²) in [5, 5.41) is 14.8. The quantitative estimate of drug-likeness (QED) is 0.322. The van der Waals surface area contributed by atoms with Gasteiger partial charge in [0.15, 0.2) is 5.65 Å². The van der Waals surface area contributed by atoms with E-state index < -0.39 is 5.54 Å². The zero-order valence-corrected chi connectivity index (χ0v) is 24.4. The number of methoxy groups -OCH3 is 1. The molecule has 2 fully saturated rings. The number of hydrogen-bond donors (Lipinski definition) is 2. The molecular weight excluding hydrogens is 560 g/mol. The Morgan fingerprint density at radius 1 is 1.18 bits per heavy atom. The molecule has 7 heterocycles. The smallest absolute Gasteiger partial charge is 0.291 e. The van der Waals surface area contributed by atoms with E-state index in [-0.39, 0.29) is 23.8 Å². The first-order valence-corrected chi connectivity index (χ1v) is 14.9. The fraction of sp³-hybridized carbons (Fsp3) is 0.387. The minimum Gasteiger partial charge on any atom is -0.497 e. The van der Waals surface area contributed by atoms with Crippen LogP contribution in [0.5, 0.6) is 5.75 Å². The molecule has 2 unspecified atom stereocenters. The SMILES string of the molecule is C=NC1(c2nc3c(C4=CN=C(c5ccc(OC)cc5)CC4)cnn3c3c2COCN3)CC2CCC(C1)N2C(=O)c1ncn[nH]1. The number of nitrogens with zero attached hydrogens (tertiary/aromatic N) is 8. The molecule has 224 valence electrons. The molecule has 1 amide bonds. The number of H-pyrrole nitrogens is 1. The molecule has 0 radical (unpaired) electrons. The van der Waals surface area contributed by atoms with Crippen LogP contribution in [0.2, 0.25) is 0 Å². The number of carbonyl (C=O) groups is 1. The Balaban J connectivity index is 1.18. The largest absolute Gasteiger partial charge is 0.497 e. The third-order valence-electron chi connectivity index (χ3n) is 9.47. The van der Waals surface area contributed by atoms with Crippen molar-refractivity contribution in [3.05, 3.63) is 71.2 Å². The molecule has 0 saturated carbocycles. The van der Waals surface area contributed by atoms with Gasteiger partial charge in [0.25, 0.3) is 5.91 Å². The third-order valence-corrected chi connectivity index (χ3v) is 9.47. The standard InChI is InChI=1S/C31H32N10O3/c1-32-31(11-20-6-7-21(12-31)40(20)30(42)27-34-16-36-39-27)26-24-15-44-17-35-28(24)41-29(38-26)23(14-37-41)19-5-10-25(33-13-19)18-3-8-22(43-2)9-4-18/h3-4,8-9,13-14,16,20-21,35H,1,5-7,10-12,15,17H2,2H3,(H,34,36,39). The lowest BCUT2D eigenvalue weighted by Gasteiger charge is -2.44. The van der Waals surface area contributed by atoms with E-state index in [1.807, 2.05) is 46.1 Å². The third kappa shape index (κ3) is 4.13. The Labute approximate surface area is 253 Å². The second-order valence-electron chi connectivity index (χ2n) is 11.7. The molecule has 4 aliphatic heterocycles. The summed E-state index contributed by atoms with van der Waals surface area (Å²) in [6.45, 7) is 4.85. The maximum absolute atomic E-state index is 13.4. The summed E-state index contributed by atoms with van der Waals surface area (Å²) in [5.41, 5.74) is 5.98. The number of ether oxygens (including phenoxy) is 2. The zero-order valence-electron chi connectivity index (χ0n) is 24.4. The van der Waals surface area contributed by atoms with Crippen LogP contribution in [0.25, 0.3) is 11.2 Å². The van der Waals surface area contributed by atoms with Crippen molar-refractivity contribution >= 4 is 35.4 Å². The minimum absolute atomic E-state index is 0.0147. The van der Waals surface area contributed by atoms with Crippen molar-refractivity contribution in [1.82, 2.24) is 34.7 Å². The molecule has 2 saturated heterocycles. The summed E-state index contributed by atoms with van der Waals surface area (Å²) < 4.78 is 13.0. The highest BCUT2D eigenvalue weighted by molar-refractivity contribution is 6.03. The fourth-order valence-corrected chi connectivity index (χ4v) is 7.36. The Hall–Kier alpha value is -4.91. The number of aromatic amines is 1. The first-order chi connectivity index (χ1) is 21.6. The number of carbonyl (C=O) groups excluding carboxylic acids is 1. The van der Waals surface area contributed by atoms with E-state index in [9.17, 15) is 4.79 Å². The number of aliphatic imine (C=N–C) groups is 2. The predicted molar refractivity (Wildman–Crippen MR) is 163 cm³/mol. The number of allylic oxidation sites excluding steroid dienone is 1. The fourth-order valence-electron chi connectivity index (χ4n) is 7.36. The number of piperidine rings is 1. The highest BCUT2D eigenvalue weighted by atomic mass is 16.5. The summed E-state index contributed by atoms with van der Waals surface area (Å²) in [5.74, 6) is 1.82. The minimum atomic E-state index is -0.680. The van der Waals surface area contributed by atoms with Crippen molar-refractivity contribution in [2.24, 2.45) is 9.98 Å². The number of benzene rings is 1.